The maximum atomic E-state index is 12.1. The van der Waals surface area contributed by atoms with Crippen molar-refractivity contribution >= 4 is 11.7 Å². The predicted octanol–water partition coefficient (Wildman–Crippen LogP) is 2.50. The Morgan fingerprint density at radius 2 is 1.70 bits per heavy atom. The van der Waals surface area contributed by atoms with Gasteiger partial charge >= 0.3 is 6.03 Å². The van der Waals surface area contributed by atoms with Gasteiger partial charge in [-0.05, 0) is 38.1 Å². The topological polar surface area (TPSA) is 57.8 Å². The van der Waals surface area contributed by atoms with Gasteiger partial charge in [0, 0.05) is 12.7 Å². The molecule has 1 heterocycles. The summed E-state index contributed by atoms with van der Waals surface area (Å²) < 4.78 is 1.06. The van der Waals surface area contributed by atoms with Crippen LogP contribution in [0.2, 0.25) is 0 Å². The van der Waals surface area contributed by atoms with Crippen LogP contribution in [0.3, 0.4) is 0 Å². The fraction of sp³-hybridized carbons (Fsp3) is 0.200. The van der Waals surface area contributed by atoms with Gasteiger partial charge in [0.05, 0.1) is 16.7 Å². The number of benzene rings is 1. The van der Waals surface area contributed by atoms with Crippen molar-refractivity contribution in [3.05, 3.63) is 59.2 Å². The number of urea groups is 1. The Bertz CT molecular complexity index is 664. The Hall–Kier alpha value is -2.56. The van der Waals surface area contributed by atoms with Crippen LogP contribution in [0.1, 0.15) is 11.4 Å². The summed E-state index contributed by atoms with van der Waals surface area (Å²) in [6, 6.07) is 12.3. The third kappa shape index (κ3) is 2.88. The monoisotopic (exact) mass is 271 g/mol. The molecule has 1 aromatic heterocycles. The predicted molar refractivity (Wildman–Crippen MR) is 76.9 cm³/mol. The van der Waals surface area contributed by atoms with Gasteiger partial charge in [-0.2, -0.15) is 9.72 Å². The number of nitrogens with zero attached hydrogens (tertiary/aromatic N) is 3. The van der Waals surface area contributed by atoms with Crippen LogP contribution in [0.5, 0.6) is 0 Å². The van der Waals surface area contributed by atoms with Crippen molar-refractivity contribution in [3.63, 3.8) is 0 Å². The van der Waals surface area contributed by atoms with Gasteiger partial charge in [-0.25, -0.2) is 4.79 Å². The molecular formula is C15H17N3O2. The van der Waals surface area contributed by atoms with Crippen molar-refractivity contribution in [1.29, 1.82) is 0 Å². The molecule has 2 amide bonds. The summed E-state index contributed by atoms with van der Waals surface area (Å²) in [5, 5.41) is 10.2. The average molecular weight is 271 g/mol. The maximum Gasteiger partial charge on any atom is 0.348 e. The molecule has 0 aliphatic heterocycles. The number of rotatable bonds is 1. The standard InChI is InChI=1S/C15H17N3O2/c1-11-9-13(10-12(2)18(11)20)16-15(19)17(3)14-7-5-4-6-8-14/h4-10,20H,1-3H3. The number of carbonyl (C=O) groups is 1. The largest absolute Gasteiger partial charge is 0.428 e. The zero-order chi connectivity index (χ0) is 14.7. The van der Waals surface area contributed by atoms with E-state index in [0.717, 1.165) is 10.4 Å². The van der Waals surface area contributed by atoms with E-state index >= 15 is 0 Å². The first-order valence-electron chi connectivity index (χ1n) is 6.26. The number of aryl methyl sites for hydroxylation is 2. The molecule has 0 saturated carbocycles. The van der Waals surface area contributed by atoms with E-state index in [9.17, 15) is 10.0 Å². The molecule has 104 valence electrons. The summed E-state index contributed by atoms with van der Waals surface area (Å²) in [6.07, 6.45) is 0. The summed E-state index contributed by atoms with van der Waals surface area (Å²) in [4.78, 5) is 17.6. The smallest absolute Gasteiger partial charge is 0.348 e. The first kappa shape index (κ1) is 13.9. The minimum atomic E-state index is -0.356. The summed E-state index contributed by atoms with van der Waals surface area (Å²) in [5.74, 6) is 0. The second-order valence-electron chi connectivity index (χ2n) is 4.60. The summed E-state index contributed by atoms with van der Waals surface area (Å²) in [5.41, 5.74) is 2.03. The normalized spacial score (nSPS) is 10.2. The highest BCUT2D eigenvalue weighted by molar-refractivity contribution is 5.92. The number of carbonyl (C=O) groups excluding carboxylic acids is 1. The highest BCUT2D eigenvalue weighted by Crippen LogP contribution is 2.11. The third-order valence-corrected chi connectivity index (χ3v) is 3.04. The van der Waals surface area contributed by atoms with E-state index in [1.807, 2.05) is 30.3 Å². The van der Waals surface area contributed by atoms with Crippen LogP contribution in [0.15, 0.2) is 47.5 Å². The van der Waals surface area contributed by atoms with E-state index in [0.29, 0.717) is 16.7 Å². The molecule has 0 aliphatic carbocycles. The van der Waals surface area contributed by atoms with Gasteiger partial charge in [-0.15, -0.1) is 0 Å². The van der Waals surface area contributed by atoms with Crippen LogP contribution in [0.4, 0.5) is 10.5 Å². The fourth-order valence-electron chi connectivity index (χ4n) is 1.88. The molecule has 0 spiro atoms. The molecule has 5 nitrogen and oxygen atoms in total. The Labute approximate surface area is 117 Å². The first-order chi connectivity index (χ1) is 9.49. The highest BCUT2D eigenvalue weighted by atomic mass is 16.5. The van der Waals surface area contributed by atoms with Crippen LogP contribution < -0.4 is 10.3 Å². The van der Waals surface area contributed by atoms with E-state index < -0.39 is 0 Å². The second-order valence-corrected chi connectivity index (χ2v) is 4.60. The van der Waals surface area contributed by atoms with Gasteiger partial charge in [-0.1, -0.05) is 18.2 Å². The van der Waals surface area contributed by atoms with Gasteiger partial charge in [0.25, 0.3) is 0 Å². The molecule has 5 heteroatoms. The SMILES string of the molecule is Cc1cc(=NC(=O)N(C)c2ccccc2)cc(C)n1O. The van der Waals surface area contributed by atoms with Crippen LogP contribution in [-0.2, 0) is 0 Å². The van der Waals surface area contributed by atoms with Gasteiger partial charge in [0.1, 0.15) is 0 Å². The molecule has 1 N–H and O–H groups in total. The molecule has 0 atom stereocenters. The Balaban J connectivity index is 2.33. The molecule has 20 heavy (non-hydrogen) atoms. The van der Waals surface area contributed by atoms with Gasteiger partial charge in [0.2, 0.25) is 0 Å². The number of pyridine rings is 1. The van der Waals surface area contributed by atoms with Crippen molar-refractivity contribution in [3.8, 4) is 0 Å². The minimum absolute atomic E-state index is 0.356. The maximum absolute atomic E-state index is 12.1. The molecule has 0 radical (unpaired) electrons. The quantitative estimate of drug-likeness (QED) is 0.810. The summed E-state index contributed by atoms with van der Waals surface area (Å²) >= 11 is 0. The van der Waals surface area contributed by atoms with Crippen LogP contribution in [-0.4, -0.2) is 23.0 Å². The van der Waals surface area contributed by atoms with Gasteiger partial charge in [0.15, 0.2) is 0 Å². The first-order valence-corrected chi connectivity index (χ1v) is 6.26. The molecule has 0 saturated heterocycles. The van der Waals surface area contributed by atoms with Crippen LogP contribution in [0.25, 0.3) is 0 Å². The molecule has 0 aliphatic rings. The molecule has 2 rings (SSSR count). The zero-order valence-corrected chi connectivity index (χ0v) is 11.7. The molecule has 2 aromatic rings. The van der Waals surface area contributed by atoms with E-state index in [1.54, 1.807) is 33.0 Å². The van der Waals surface area contributed by atoms with Gasteiger partial charge in [-0.3, -0.25) is 4.90 Å². The van der Waals surface area contributed by atoms with E-state index in [2.05, 4.69) is 4.99 Å². The Kier molecular flexibility index (Phi) is 3.89. The zero-order valence-electron chi connectivity index (χ0n) is 11.7. The average Bonchev–Trinajstić information content (AvgIpc) is 2.44. The number of hydrogen-bond acceptors (Lipinski definition) is 2. The number of hydrogen-bond donors (Lipinski definition) is 1. The molecule has 0 bridgehead atoms. The fourth-order valence-corrected chi connectivity index (χ4v) is 1.88. The highest BCUT2D eigenvalue weighted by Gasteiger charge is 2.08. The van der Waals surface area contributed by atoms with Crippen molar-refractivity contribution < 1.29 is 10.0 Å². The second kappa shape index (κ2) is 5.61. The van der Waals surface area contributed by atoms with Crippen molar-refractivity contribution in [2.24, 2.45) is 4.99 Å². The molecule has 0 fully saturated rings. The third-order valence-electron chi connectivity index (χ3n) is 3.04. The van der Waals surface area contributed by atoms with E-state index in [-0.39, 0.29) is 6.03 Å². The van der Waals surface area contributed by atoms with Crippen LogP contribution in [0, 0.1) is 13.8 Å². The number of anilines is 1. The van der Waals surface area contributed by atoms with E-state index in [1.165, 1.54) is 4.90 Å². The Morgan fingerprint density at radius 1 is 1.15 bits per heavy atom. The van der Waals surface area contributed by atoms with Crippen molar-refractivity contribution in [2.75, 3.05) is 11.9 Å². The number of aromatic nitrogens is 1. The minimum Gasteiger partial charge on any atom is -0.428 e. The Morgan fingerprint density at radius 3 is 2.25 bits per heavy atom. The lowest BCUT2D eigenvalue weighted by Gasteiger charge is -2.14. The van der Waals surface area contributed by atoms with Gasteiger partial charge < -0.3 is 5.21 Å². The van der Waals surface area contributed by atoms with E-state index in [4.69, 9.17) is 0 Å². The summed E-state index contributed by atoms with van der Waals surface area (Å²) in [6.45, 7) is 3.49. The summed E-state index contributed by atoms with van der Waals surface area (Å²) in [7, 11) is 1.68. The van der Waals surface area contributed by atoms with Crippen molar-refractivity contribution in [1.82, 2.24) is 4.73 Å². The lowest BCUT2D eigenvalue weighted by Crippen LogP contribution is -2.25. The molecular weight excluding hydrogens is 254 g/mol. The van der Waals surface area contributed by atoms with Crippen LogP contribution >= 0.6 is 0 Å². The number of para-hydroxylation sites is 1. The lowest BCUT2D eigenvalue weighted by molar-refractivity contribution is 0.170. The lowest BCUT2D eigenvalue weighted by atomic mass is 10.3. The molecule has 1 aromatic carbocycles. The number of amides is 2. The molecule has 0 unspecified atom stereocenters. The van der Waals surface area contributed by atoms with Crippen molar-refractivity contribution in [2.45, 2.75) is 13.8 Å².